The van der Waals surface area contributed by atoms with Crippen LogP contribution in [0.2, 0.25) is 0 Å². The van der Waals surface area contributed by atoms with Crippen molar-refractivity contribution in [1.29, 1.82) is 0 Å². The van der Waals surface area contributed by atoms with Crippen LogP contribution in [0.25, 0.3) is 0 Å². The minimum Gasteiger partial charge on any atom is -0.453 e. The van der Waals surface area contributed by atoms with Gasteiger partial charge in [-0.3, -0.25) is 0 Å². The predicted octanol–water partition coefficient (Wildman–Crippen LogP) is 7.17. The lowest BCUT2D eigenvalue weighted by Gasteiger charge is -2.31. The summed E-state index contributed by atoms with van der Waals surface area (Å²) in [5.41, 5.74) is 4.16. The van der Waals surface area contributed by atoms with E-state index in [0.29, 0.717) is 4.90 Å². The van der Waals surface area contributed by atoms with Gasteiger partial charge in [0.25, 0.3) is 0 Å². The first-order chi connectivity index (χ1) is 18.0. The zero-order chi connectivity index (χ0) is 28.0. The van der Waals surface area contributed by atoms with Gasteiger partial charge in [-0.25, -0.2) is 17.9 Å². The molecular weight excluding hydrogens is 496 g/mol. The second-order valence-electron chi connectivity index (χ2n) is 10.5. The molecule has 0 saturated carbocycles. The SMILES string of the molecule is COC(=O)NC(c1ccccc1)[C@@H](NS(=O)(=O)c1c(C(C)C)cc(C(C)C)cc1C(C)C)c1ccccc1. The molecule has 3 aromatic carbocycles. The third kappa shape index (κ3) is 6.83. The molecule has 2 N–H and O–H groups in total. The Morgan fingerprint density at radius 3 is 1.53 bits per heavy atom. The van der Waals surface area contributed by atoms with Crippen molar-refractivity contribution in [2.45, 2.75) is 76.3 Å². The summed E-state index contributed by atoms with van der Waals surface area (Å²) in [6.07, 6.45) is -0.647. The van der Waals surface area contributed by atoms with Gasteiger partial charge in [0.15, 0.2) is 0 Å². The van der Waals surface area contributed by atoms with E-state index in [-0.39, 0.29) is 17.8 Å². The number of amides is 1. The fourth-order valence-electron chi connectivity index (χ4n) is 4.62. The van der Waals surface area contributed by atoms with Crippen molar-refractivity contribution in [3.63, 3.8) is 0 Å². The number of alkyl carbamates (subject to hydrolysis) is 1. The molecule has 1 unspecified atom stereocenters. The fourth-order valence-corrected chi connectivity index (χ4v) is 6.55. The Hall–Kier alpha value is -3.16. The lowest BCUT2D eigenvalue weighted by Crippen LogP contribution is -2.41. The Bertz CT molecular complexity index is 1290. The van der Waals surface area contributed by atoms with Crippen LogP contribution in [0.4, 0.5) is 4.79 Å². The number of sulfonamides is 1. The standard InChI is InChI=1S/C31H40N2O4S/c1-20(2)25-18-26(21(3)4)30(27(19-25)22(5)6)38(35,36)33-29(24-16-12-9-13-17-24)28(32-31(34)37-7)23-14-10-8-11-15-23/h8-22,28-29,33H,1-7H3,(H,32,34)/t28?,29-/m0/s1. The van der Waals surface area contributed by atoms with E-state index < -0.39 is 28.2 Å². The number of hydrogen-bond donors (Lipinski definition) is 2. The summed E-state index contributed by atoms with van der Waals surface area (Å²) in [6, 6.07) is 21.1. The molecule has 1 amide bonds. The van der Waals surface area contributed by atoms with Crippen LogP contribution in [0.5, 0.6) is 0 Å². The molecule has 0 heterocycles. The minimum atomic E-state index is -4.04. The molecule has 3 rings (SSSR count). The highest BCUT2D eigenvalue weighted by atomic mass is 32.2. The third-order valence-electron chi connectivity index (χ3n) is 6.74. The van der Waals surface area contributed by atoms with E-state index in [4.69, 9.17) is 4.74 Å². The van der Waals surface area contributed by atoms with Crippen LogP contribution in [0, 0.1) is 0 Å². The number of methoxy groups -OCH3 is 1. The van der Waals surface area contributed by atoms with Crippen LogP contribution in [0.3, 0.4) is 0 Å². The van der Waals surface area contributed by atoms with Gasteiger partial charge in [0, 0.05) is 0 Å². The number of nitrogens with one attached hydrogen (secondary N) is 2. The molecule has 6 nitrogen and oxygen atoms in total. The van der Waals surface area contributed by atoms with E-state index in [1.807, 2.05) is 100 Å². The Labute approximate surface area is 227 Å². The van der Waals surface area contributed by atoms with E-state index in [0.717, 1.165) is 27.8 Å². The Balaban J connectivity index is 2.24. The molecule has 0 aliphatic rings. The first-order valence-electron chi connectivity index (χ1n) is 13.1. The van der Waals surface area contributed by atoms with Crippen LogP contribution < -0.4 is 10.0 Å². The lowest BCUT2D eigenvalue weighted by molar-refractivity contribution is 0.164. The van der Waals surface area contributed by atoms with Crippen molar-refractivity contribution in [2.75, 3.05) is 7.11 Å². The summed E-state index contributed by atoms with van der Waals surface area (Å²) in [4.78, 5) is 12.8. The maximum absolute atomic E-state index is 14.4. The van der Waals surface area contributed by atoms with Crippen molar-refractivity contribution in [3.05, 3.63) is 101 Å². The zero-order valence-electron chi connectivity index (χ0n) is 23.4. The van der Waals surface area contributed by atoms with Crippen molar-refractivity contribution in [2.24, 2.45) is 0 Å². The number of rotatable bonds is 10. The summed E-state index contributed by atoms with van der Waals surface area (Å²) in [7, 11) is -2.75. The minimum absolute atomic E-state index is 0.00827. The van der Waals surface area contributed by atoms with E-state index >= 15 is 0 Å². The Morgan fingerprint density at radius 2 is 1.13 bits per heavy atom. The van der Waals surface area contributed by atoms with Crippen molar-refractivity contribution < 1.29 is 17.9 Å². The maximum Gasteiger partial charge on any atom is 0.407 e. The van der Waals surface area contributed by atoms with E-state index in [9.17, 15) is 13.2 Å². The molecule has 38 heavy (non-hydrogen) atoms. The highest BCUT2D eigenvalue weighted by Crippen LogP contribution is 2.37. The molecule has 0 spiro atoms. The second-order valence-corrected chi connectivity index (χ2v) is 12.2. The van der Waals surface area contributed by atoms with Gasteiger partial charge in [0.1, 0.15) is 0 Å². The van der Waals surface area contributed by atoms with Gasteiger partial charge in [-0.05, 0) is 45.6 Å². The molecule has 7 heteroatoms. The number of hydrogen-bond acceptors (Lipinski definition) is 4. The van der Waals surface area contributed by atoms with Crippen LogP contribution in [-0.2, 0) is 14.8 Å². The zero-order valence-corrected chi connectivity index (χ0v) is 24.2. The Morgan fingerprint density at radius 1 is 0.684 bits per heavy atom. The summed E-state index contributed by atoms with van der Waals surface area (Å²) in [5.74, 6) is 0.246. The molecule has 204 valence electrons. The van der Waals surface area contributed by atoms with Gasteiger partial charge in [-0.15, -0.1) is 0 Å². The summed E-state index contributed by atoms with van der Waals surface area (Å²) >= 11 is 0. The highest BCUT2D eigenvalue weighted by molar-refractivity contribution is 7.89. The van der Waals surface area contributed by atoms with Crippen molar-refractivity contribution in [1.82, 2.24) is 10.0 Å². The molecule has 0 bridgehead atoms. The van der Waals surface area contributed by atoms with Crippen LogP contribution >= 0.6 is 0 Å². The number of benzene rings is 3. The van der Waals surface area contributed by atoms with Gasteiger partial charge < -0.3 is 10.1 Å². The molecule has 2 atom stereocenters. The molecule has 0 radical (unpaired) electrons. The van der Waals surface area contributed by atoms with Gasteiger partial charge in [-0.2, -0.15) is 0 Å². The Kier molecular flexibility index (Phi) is 9.74. The highest BCUT2D eigenvalue weighted by Gasteiger charge is 2.34. The van der Waals surface area contributed by atoms with Gasteiger partial charge in [-0.1, -0.05) is 114 Å². The number of carbonyl (C=O) groups is 1. The van der Waals surface area contributed by atoms with Gasteiger partial charge >= 0.3 is 6.09 Å². The van der Waals surface area contributed by atoms with Gasteiger partial charge in [0.05, 0.1) is 24.1 Å². The average Bonchev–Trinajstić information content (AvgIpc) is 2.90. The number of carbonyl (C=O) groups excluding carboxylic acids is 1. The third-order valence-corrected chi connectivity index (χ3v) is 8.31. The predicted molar refractivity (Wildman–Crippen MR) is 153 cm³/mol. The monoisotopic (exact) mass is 536 g/mol. The molecule has 3 aromatic rings. The molecule has 0 fully saturated rings. The largest absolute Gasteiger partial charge is 0.453 e. The van der Waals surface area contributed by atoms with Crippen LogP contribution in [-0.4, -0.2) is 21.6 Å². The number of ether oxygens (including phenoxy) is 1. The summed E-state index contributed by atoms with van der Waals surface area (Å²) < 4.78 is 36.7. The van der Waals surface area contributed by atoms with E-state index in [1.165, 1.54) is 7.11 Å². The maximum atomic E-state index is 14.4. The first-order valence-corrected chi connectivity index (χ1v) is 14.6. The topological polar surface area (TPSA) is 84.5 Å². The fraction of sp³-hybridized carbons (Fsp3) is 0.387. The van der Waals surface area contributed by atoms with Gasteiger partial charge in [0.2, 0.25) is 10.0 Å². The smallest absolute Gasteiger partial charge is 0.407 e. The molecule has 0 aliphatic carbocycles. The molecule has 0 aromatic heterocycles. The van der Waals surface area contributed by atoms with Crippen LogP contribution in [0.1, 0.15) is 99.2 Å². The van der Waals surface area contributed by atoms with E-state index in [2.05, 4.69) is 23.9 Å². The normalized spacial score (nSPS) is 13.5. The molecular formula is C31H40N2O4S. The second kappa shape index (κ2) is 12.6. The van der Waals surface area contributed by atoms with Crippen LogP contribution in [0.15, 0.2) is 77.7 Å². The lowest BCUT2D eigenvalue weighted by atomic mass is 9.89. The van der Waals surface area contributed by atoms with Crippen molar-refractivity contribution >= 4 is 16.1 Å². The average molecular weight is 537 g/mol. The molecule has 0 saturated heterocycles. The van der Waals surface area contributed by atoms with E-state index in [1.54, 1.807) is 0 Å². The first kappa shape index (κ1) is 29.4. The van der Waals surface area contributed by atoms with Crippen molar-refractivity contribution in [3.8, 4) is 0 Å². The summed E-state index contributed by atoms with van der Waals surface area (Å²) in [6.45, 7) is 12.3. The summed E-state index contributed by atoms with van der Waals surface area (Å²) in [5, 5.41) is 2.87. The molecule has 0 aliphatic heterocycles. The quantitative estimate of drug-likeness (QED) is 0.288.